The topological polar surface area (TPSA) is 70.0 Å². The van der Waals surface area contributed by atoms with Crippen molar-refractivity contribution >= 4 is 53.9 Å². The molecule has 3 saturated heterocycles. The van der Waals surface area contributed by atoms with Crippen LogP contribution in [0.3, 0.4) is 0 Å². The maximum Gasteiger partial charge on any atom is 0.167 e. The number of carbonyl (C=O) groups excluding carboxylic acids is 1. The number of fused-ring (bicyclic) bond motifs is 1. The number of halogens is 3. The Hall–Kier alpha value is -3.39. The lowest BCUT2D eigenvalue weighted by molar-refractivity contribution is 0.00109. The normalized spacial score (nSPS) is 23.1. The molecule has 2 aromatic carbocycles. The van der Waals surface area contributed by atoms with E-state index >= 15 is 8.78 Å². The molecular weight excluding hydrogens is 722 g/mol. The van der Waals surface area contributed by atoms with E-state index in [2.05, 4.69) is 54.9 Å². The van der Waals surface area contributed by atoms with Crippen LogP contribution in [0, 0.1) is 29.9 Å². The number of carbonyl (C=O) groups is 1. The van der Waals surface area contributed by atoms with Gasteiger partial charge >= 0.3 is 0 Å². The molecule has 4 aliphatic heterocycles. The number of benzene rings is 2. The summed E-state index contributed by atoms with van der Waals surface area (Å²) in [5, 5.41) is 4.11. The first-order valence-electron chi connectivity index (χ1n) is 20.0. The molecule has 1 atom stereocenters. The first kappa shape index (κ1) is 39.8. The van der Waals surface area contributed by atoms with Gasteiger partial charge in [-0.15, -0.1) is 0 Å². The molecule has 0 aromatic heterocycles. The number of piperidine rings is 2. The summed E-state index contributed by atoms with van der Waals surface area (Å²) >= 11 is 2.03. The summed E-state index contributed by atoms with van der Waals surface area (Å²) < 4.78 is 47.8. The molecular formula is C42H57F3N8OS. The maximum atomic E-state index is 15.3. The van der Waals surface area contributed by atoms with E-state index in [0.29, 0.717) is 51.4 Å². The van der Waals surface area contributed by atoms with Crippen molar-refractivity contribution in [3.8, 4) is 0 Å². The van der Waals surface area contributed by atoms with E-state index in [9.17, 15) is 9.18 Å². The molecule has 1 aliphatic carbocycles. The van der Waals surface area contributed by atoms with Gasteiger partial charge in [0.25, 0.3) is 0 Å². The number of aldehydes is 1. The van der Waals surface area contributed by atoms with Crippen molar-refractivity contribution < 1.29 is 18.0 Å². The van der Waals surface area contributed by atoms with E-state index in [1.54, 1.807) is 19.1 Å². The minimum absolute atomic E-state index is 0.0152. The molecule has 13 heteroatoms. The molecule has 0 bridgehead atoms. The molecule has 2 aromatic rings. The van der Waals surface area contributed by atoms with Crippen molar-refractivity contribution in [2.45, 2.75) is 89.7 Å². The summed E-state index contributed by atoms with van der Waals surface area (Å²) in [7, 11) is 1.87. The molecule has 5 aliphatic rings. The Morgan fingerprint density at radius 3 is 2.40 bits per heavy atom. The van der Waals surface area contributed by atoms with Crippen LogP contribution in [-0.2, 0) is 0 Å². The highest BCUT2D eigenvalue weighted by Crippen LogP contribution is 2.53. The number of likely N-dealkylation sites (tertiary alicyclic amines) is 1. The standard InChI is InChI=1S/C42H57F3N8OS/c1-27(2)53-29(4)49(6)41-36(44)16-31(17-39(41)53)40(46-5)37(45)21-47-26-48-33-7-13-52(14-8-33)55-34-9-11-50(12-10-34)22-30-19-42(20-30)24-51(25-42)38-18-32(23-54)28(3)15-35(38)43/h15-18,21,23,27,29-30,33-34,48H,5,7-14,19-20,22,24-26H2,1-4,6H3/b40-37+,47-21-. The highest BCUT2D eigenvalue weighted by atomic mass is 32.2. The Labute approximate surface area is 329 Å². The number of allylic oxidation sites excluding steroid dienone is 1. The Kier molecular flexibility index (Phi) is 12.0. The predicted molar refractivity (Wildman–Crippen MR) is 221 cm³/mol. The lowest BCUT2D eigenvalue weighted by atomic mass is 9.57. The number of anilines is 3. The summed E-state index contributed by atoms with van der Waals surface area (Å²) in [6.07, 6.45) is 8.84. The number of hydrogen-bond acceptors (Lipinski definition) is 10. The third kappa shape index (κ3) is 8.36. The van der Waals surface area contributed by atoms with E-state index in [1.807, 2.05) is 30.8 Å². The predicted octanol–water partition coefficient (Wildman–Crippen LogP) is 7.55. The summed E-state index contributed by atoms with van der Waals surface area (Å²) in [6.45, 7) is 19.0. The van der Waals surface area contributed by atoms with Gasteiger partial charge in [0, 0.05) is 73.6 Å². The van der Waals surface area contributed by atoms with E-state index in [0.717, 1.165) is 70.0 Å². The van der Waals surface area contributed by atoms with Gasteiger partial charge in [0.05, 0.1) is 36.1 Å². The molecule has 1 N–H and O–H groups in total. The number of aliphatic imine (C=N–C) groups is 2. The van der Waals surface area contributed by atoms with Gasteiger partial charge in [-0.25, -0.2) is 13.2 Å². The molecule has 1 saturated carbocycles. The third-order valence-corrected chi connectivity index (χ3v) is 14.1. The smallest absolute Gasteiger partial charge is 0.167 e. The van der Waals surface area contributed by atoms with Crippen LogP contribution < -0.4 is 20.0 Å². The van der Waals surface area contributed by atoms with Gasteiger partial charge < -0.3 is 19.6 Å². The van der Waals surface area contributed by atoms with Gasteiger partial charge in [-0.05, 0) is 122 Å². The largest absolute Gasteiger partial charge is 0.368 e. The van der Waals surface area contributed by atoms with E-state index in [-0.39, 0.29) is 23.7 Å². The molecule has 298 valence electrons. The summed E-state index contributed by atoms with van der Waals surface area (Å²) in [4.78, 5) is 28.3. The average Bonchev–Trinajstić information content (AvgIpc) is 3.38. The minimum Gasteiger partial charge on any atom is -0.368 e. The zero-order chi connectivity index (χ0) is 39.0. The highest BCUT2D eigenvalue weighted by Gasteiger charge is 2.53. The third-order valence-electron chi connectivity index (χ3n) is 12.6. The minimum atomic E-state index is -0.641. The molecule has 1 spiro atoms. The number of aryl methyl sites for hydroxylation is 1. The zero-order valence-electron chi connectivity index (χ0n) is 33.0. The summed E-state index contributed by atoms with van der Waals surface area (Å²) in [5.74, 6) is -0.560. The fourth-order valence-corrected chi connectivity index (χ4v) is 11.0. The van der Waals surface area contributed by atoms with Crippen LogP contribution in [-0.4, -0.2) is 111 Å². The molecule has 7 rings (SSSR count). The van der Waals surface area contributed by atoms with Crippen molar-refractivity contribution in [3.63, 3.8) is 0 Å². The Morgan fingerprint density at radius 1 is 1.04 bits per heavy atom. The molecule has 9 nitrogen and oxygen atoms in total. The molecule has 0 amide bonds. The number of nitrogens with zero attached hydrogens (tertiary/aromatic N) is 7. The van der Waals surface area contributed by atoms with Crippen LogP contribution in [0.2, 0.25) is 0 Å². The van der Waals surface area contributed by atoms with Crippen molar-refractivity contribution in [3.05, 3.63) is 58.4 Å². The van der Waals surface area contributed by atoms with Gasteiger partial charge in [0.2, 0.25) is 0 Å². The highest BCUT2D eigenvalue weighted by molar-refractivity contribution is 7.97. The van der Waals surface area contributed by atoms with Gasteiger partial charge in [-0.3, -0.25) is 24.4 Å². The Morgan fingerprint density at radius 2 is 1.75 bits per heavy atom. The van der Waals surface area contributed by atoms with Crippen molar-refractivity contribution in [2.24, 2.45) is 21.3 Å². The Balaban J connectivity index is 0.792. The average molecular weight is 779 g/mol. The fraction of sp³-hybridized carbons (Fsp3) is 0.595. The van der Waals surface area contributed by atoms with Crippen LogP contribution in [0.25, 0.3) is 5.70 Å². The van der Waals surface area contributed by atoms with Crippen molar-refractivity contribution in [2.75, 3.05) is 74.2 Å². The fourth-order valence-electron chi connectivity index (χ4n) is 9.70. The molecule has 4 fully saturated rings. The second-order valence-corrected chi connectivity index (χ2v) is 18.2. The van der Waals surface area contributed by atoms with Crippen LogP contribution in [0.15, 0.2) is 40.1 Å². The second kappa shape index (κ2) is 16.6. The first-order chi connectivity index (χ1) is 26.4. The van der Waals surface area contributed by atoms with E-state index in [4.69, 9.17) is 0 Å². The van der Waals surface area contributed by atoms with Gasteiger partial charge in [0.1, 0.15) is 23.6 Å². The zero-order valence-corrected chi connectivity index (χ0v) is 33.9. The second-order valence-electron chi connectivity index (χ2n) is 16.8. The summed E-state index contributed by atoms with van der Waals surface area (Å²) in [5.41, 5.74) is 3.71. The molecule has 0 radical (unpaired) electrons. The molecule has 4 heterocycles. The SMILES string of the molecule is C=N/C(=C(F)\C=N/CNC1CCN(SC2CCN(CC3CC4(C3)CN(c3cc(C=O)c(C)cc3F)C4)CC2)CC1)c1cc(F)c2c(c1)N(C(C)C)C(C)N2C. The van der Waals surface area contributed by atoms with Gasteiger partial charge in [-0.2, -0.15) is 0 Å². The van der Waals surface area contributed by atoms with Crippen molar-refractivity contribution in [1.29, 1.82) is 0 Å². The van der Waals surface area contributed by atoms with Gasteiger partial charge in [0.15, 0.2) is 5.83 Å². The lowest BCUT2D eigenvalue weighted by Crippen LogP contribution is -2.63. The van der Waals surface area contributed by atoms with Gasteiger partial charge in [-0.1, -0.05) is 11.9 Å². The van der Waals surface area contributed by atoms with Crippen LogP contribution in [0.1, 0.15) is 80.8 Å². The lowest BCUT2D eigenvalue weighted by Gasteiger charge is -2.60. The van der Waals surface area contributed by atoms with Crippen LogP contribution >= 0.6 is 11.9 Å². The number of hydrogen-bond donors (Lipinski definition) is 1. The first-order valence-corrected chi connectivity index (χ1v) is 20.8. The van der Waals surface area contributed by atoms with Crippen molar-refractivity contribution in [1.82, 2.24) is 14.5 Å². The number of nitrogens with one attached hydrogen (secondary N) is 1. The van der Waals surface area contributed by atoms with E-state index < -0.39 is 11.6 Å². The quantitative estimate of drug-likeness (QED) is 0.127. The Bertz CT molecular complexity index is 1790. The summed E-state index contributed by atoms with van der Waals surface area (Å²) in [6, 6.07) is 6.78. The molecule has 55 heavy (non-hydrogen) atoms. The molecule has 1 unspecified atom stereocenters. The monoisotopic (exact) mass is 778 g/mol. The number of rotatable bonds is 13. The van der Waals surface area contributed by atoms with E-state index in [1.165, 1.54) is 50.6 Å². The maximum absolute atomic E-state index is 15.3. The van der Waals surface area contributed by atoms with Crippen LogP contribution in [0.4, 0.5) is 30.2 Å². The van der Waals surface area contributed by atoms with Crippen LogP contribution in [0.5, 0.6) is 0 Å².